The first-order valence-corrected chi connectivity index (χ1v) is 5.90. The molecule has 0 N–H and O–H groups in total. The first-order valence-electron chi connectivity index (χ1n) is 5.90. The van der Waals surface area contributed by atoms with E-state index in [2.05, 4.69) is 0 Å². The normalized spacial score (nSPS) is 17.7. The topological polar surface area (TPSA) is 55.8 Å². The van der Waals surface area contributed by atoms with Gasteiger partial charge in [-0.1, -0.05) is 6.07 Å². The Kier molecular flexibility index (Phi) is 2.66. The lowest BCUT2D eigenvalue weighted by Crippen LogP contribution is -2.27. The van der Waals surface area contributed by atoms with Crippen LogP contribution < -0.4 is 9.47 Å². The minimum absolute atomic E-state index is 0.00527. The van der Waals surface area contributed by atoms with Crippen molar-refractivity contribution in [3.05, 3.63) is 23.8 Å². The zero-order valence-electron chi connectivity index (χ0n) is 9.85. The van der Waals surface area contributed by atoms with Gasteiger partial charge in [-0.05, 0) is 24.1 Å². The number of rotatable bonds is 3. The van der Waals surface area contributed by atoms with E-state index in [1.807, 2.05) is 18.2 Å². The molecule has 18 heavy (non-hydrogen) atoms. The van der Waals surface area contributed by atoms with Crippen molar-refractivity contribution in [1.82, 2.24) is 4.90 Å². The van der Waals surface area contributed by atoms with Gasteiger partial charge in [-0.2, -0.15) is 0 Å². The summed E-state index contributed by atoms with van der Waals surface area (Å²) in [6.45, 7) is 1.09. The van der Waals surface area contributed by atoms with Crippen LogP contribution in [0.15, 0.2) is 18.2 Å². The average molecular weight is 247 g/mol. The highest BCUT2D eigenvalue weighted by molar-refractivity contribution is 6.05. The maximum atomic E-state index is 11.5. The maximum Gasteiger partial charge on any atom is 0.231 e. The van der Waals surface area contributed by atoms with Gasteiger partial charge < -0.3 is 14.4 Å². The van der Waals surface area contributed by atoms with Crippen molar-refractivity contribution in [2.45, 2.75) is 12.8 Å². The molecule has 0 radical (unpaired) electrons. The Balaban J connectivity index is 1.63. The molecule has 0 bridgehead atoms. The summed E-state index contributed by atoms with van der Waals surface area (Å²) >= 11 is 0. The second kappa shape index (κ2) is 4.33. The monoisotopic (exact) mass is 247 g/mol. The number of likely N-dealkylation sites (tertiary alicyclic amines) is 1. The van der Waals surface area contributed by atoms with Crippen LogP contribution in [0.2, 0.25) is 0 Å². The summed E-state index contributed by atoms with van der Waals surface area (Å²) in [5.74, 6) is 1.44. The summed E-state index contributed by atoms with van der Waals surface area (Å²) in [7, 11) is 0. The average Bonchev–Trinajstić information content (AvgIpc) is 2.92. The van der Waals surface area contributed by atoms with E-state index < -0.39 is 0 Å². The van der Waals surface area contributed by atoms with Crippen LogP contribution in [0, 0.1) is 0 Å². The number of Topliss-reactive ketones (excluding diaryl/α,β-unsaturated/α-hetero) is 1. The maximum absolute atomic E-state index is 11.5. The van der Waals surface area contributed by atoms with Crippen molar-refractivity contribution >= 4 is 11.7 Å². The number of benzene rings is 1. The standard InChI is InChI=1S/C13H13NO4/c15-10-6-13(16)14(7-10)4-3-9-1-2-11-12(5-9)18-8-17-11/h1-2,5H,3-4,6-8H2. The van der Waals surface area contributed by atoms with E-state index in [0.29, 0.717) is 6.54 Å². The van der Waals surface area contributed by atoms with Crippen molar-refractivity contribution in [1.29, 1.82) is 0 Å². The number of fused-ring (bicyclic) bond motifs is 1. The third-order valence-corrected chi connectivity index (χ3v) is 3.18. The van der Waals surface area contributed by atoms with E-state index in [0.717, 1.165) is 23.5 Å². The first-order chi connectivity index (χ1) is 8.72. The molecular formula is C13H13NO4. The number of amides is 1. The van der Waals surface area contributed by atoms with E-state index in [1.165, 1.54) is 0 Å². The summed E-state index contributed by atoms with van der Waals surface area (Å²) in [6.07, 6.45) is 0.775. The molecule has 1 aromatic carbocycles. The van der Waals surface area contributed by atoms with Crippen molar-refractivity contribution in [3.63, 3.8) is 0 Å². The van der Waals surface area contributed by atoms with Crippen molar-refractivity contribution in [3.8, 4) is 11.5 Å². The van der Waals surface area contributed by atoms with Gasteiger partial charge in [-0.15, -0.1) is 0 Å². The number of nitrogens with zero attached hydrogens (tertiary/aromatic N) is 1. The Hall–Kier alpha value is -2.04. The van der Waals surface area contributed by atoms with E-state index >= 15 is 0 Å². The Morgan fingerprint density at radius 3 is 2.78 bits per heavy atom. The largest absolute Gasteiger partial charge is 0.454 e. The number of ketones is 1. The number of hydrogen-bond acceptors (Lipinski definition) is 4. The Morgan fingerprint density at radius 1 is 1.17 bits per heavy atom. The fourth-order valence-electron chi connectivity index (χ4n) is 2.20. The summed E-state index contributed by atoms with van der Waals surface area (Å²) in [4.78, 5) is 24.2. The quantitative estimate of drug-likeness (QED) is 0.740. The highest BCUT2D eigenvalue weighted by Crippen LogP contribution is 2.32. The summed E-state index contributed by atoms with van der Waals surface area (Å²) in [6, 6.07) is 5.75. The zero-order valence-corrected chi connectivity index (χ0v) is 9.85. The fourth-order valence-corrected chi connectivity index (χ4v) is 2.20. The molecule has 5 nitrogen and oxygen atoms in total. The lowest BCUT2D eigenvalue weighted by molar-refractivity contribution is -0.127. The molecule has 2 heterocycles. The van der Waals surface area contributed by atoms with Crippen LogP contribution in [0.1, 0.15) is 12.0 Å². The van der Waals surface area contributed by atoms with Gasteiger partial charge in [0.25, 0.3) is 0 Å². The molecule has 5 heteroatoms. The van der Waals surface area contributed by atoms with Gasteiger partial charge in [0.15, 0.2) is 17.3 Å². The van der Waals surface area contributed by atoms with E-state index in [1.54, 1.807) is 4.90 Å². The molecule has 1 aromatic rings. The third-order valence-electron chi connectivity index (χ3n) is 3.18. The van der Waals surface area contributed by atoms with E-state index in [9.17, 15) is 9.59 Å². The fraction of sp³-hybridized carbons (Fsp3) is 0.385. The van der Waals surface area contributed by atoms with Crippen LogP contribution in [0.4, 0.5) is 0 Å². The highest BCUT2D eigenvalue weighted by atomic mass is 16.7. The molecule has 94 valence electrons. The molecule has 0 spiro atoms. The summed E-state index contributed by atoms with van der Waals surface area (Å²) < 4.78 is 10.5. The summed E-state index contributed by atoms with van der Waals surface area (Å²) in [5.41, 5.74) is 1.08. The van der Waals surface area contributed by atoms with Crippen LogP contribution in [0.3, 0.4) is 0 Å². The number of carbonyl (C=O) groups is 2. The molecule has 0 atom stereocenters. The molecule has 2 aliphatic rings. The van der Waals surface area contributed by atoms with Crippen molar-refractivity contribution in [2.24, 2.45) is 0 Å². The van der Waals surface area contributed by atoms with Gasteiger partial charge in [0.1, 0.15) is 0 Å². The molecule has 1 amide bonds. The predicted octanol–water partition coefficient (Wildman–Crippen LogP) is 0.759. The van der Waals surface area contributed by atoms with Gasteiger partial charge in [-0.25, -0.2) is 0 Å². The molecule has 0 unspecified atom stereocenters. The number of hydrogen-bond donors (Lipinski definition) is 0. The SMILES string of the molecule is O=C1CC(=O)N(CCc2ccc3c(c2)OCO3)C1. The summed E-state index contributed by atoms with van der Waals surface area (Å²) in [5, 5.41) is 0. The molecule has 1 saturated heterocycles. The minimum Gasteiger partial charge on any atom is -0.454 e. The molecule has 0 aromatic heterocycles. The number of carbonyl (C=O) groups excluding carboxylic acids is 2. The van der Waals surface area contributed by atoms with E-state index in [4.69, 9.17) is 9.47 Å². The van der Waals surface area contributed by atoms with Crippen molar-refractivity contribution < 1.29 is 19.1 Å². The van der Waals surface area contributed by atoms with Gasteiger partial charge >= 0.3 is 0 Å². The van der Waals surface area contributed by atoms with Crippen LogP contribution in [0.5, 0.6) is 11.5 Å². The van der Waals surface area contributed by atoms with Gasteiger partial charge in [0, 0.05) is 6.54 Å². The second-order valence-electron chi connectivity index (χ2n) is 4.47. The third kappa shape index (κ3) is 2.03. The lowest BCUT2D eigenvalue weighted by atomic mass is 10.1. The minimum atomic E-state index is -0.0688. The second-order valence-corrected chi connectivity index (χ2v) is 4.47. The van der Waals surface area contributed by atoms with Crippen LogP contribution in [0.25, 0.3) is 0 Å². The number of ether oxygens (including phenoxy) is 2. The zero-order chi connectivity index (χ0) is 12.5. The molecule has 1 fully saturated rings. The molecule has 0 aliphatic carbocycles. The van der Waals surface area contributed by atoms with Gasteiger partial charge in [0.05, 0.1) is 13.0 Å². The van der Waals surface area contributed by atoms with Gasteiger partial charge in [0.2, 0.25) is 12.7 Å². The molecule has 0 saturated carbocycles. The predicted molar refractivity (Wildman–Crippen MR) is 62.5 cm³/mol. The van der Waals surface area contributed by atoms with Crippen LogP contribution in [-0.4, -0.2) is 36.5 Å². The highest BCUT2D eigenvalue weighted by Gasteiger charge is 2.26. The van der Waals surface area contributed by atoms with Crippen molar-refractivity contribution in [2.75, 3.05) is 19.9 Å². The Labute approximate surface area is 104 Å². The van der Waals surface area contributed by atoms with E-state index in [-0.39, 0.29) is 31.4 Å². The van der Waals surface area contributed by atoms with Crippen LogP contribution >= 0.6 is 0 Å². The molecule has 2 aliphatic heterocycles. The first kappa shape index (κ1) is 11.1. The Morgan fingerprint density at radius 2 is 2.00 bits per heavy atom. The van der Waals surface area contributed by atoms with Crippen LogP contribution in [-0.2, 0) is 16.0 Å². The smallest absolute Gasteiger partial charge is 0.231 e. The Bertz CT molecular complexity index is 512. The molecular weight excluding hydrogens is 234 g/mol. The molecule has 3 rings (SSSR count). The lowest BCUT2D eigenvalue weighted by Gasteiger charge is -2.14. The van der Waals surface area contributed by atoms with Gasteiger partial charge in [-0.3, -0.25) is 9.59 Å².